The molecule has 7 nitrogen and oxygen atoms in total. The van der Waals surface area contributed by atoms with E-state index >= 15 is 0 Å². The molecule has 1 aromatic rings. The molecular formula is C14H15NO6S. The lowest BCUT2D eigenvalue weighted by atomic mass is 9.89. The maximum absolute atomic E-state index is 13.0. The van der Waals surface area contributed by atoms with Crippen LogP contribution in [0.4, 0.5) is 0 Å². The fourth-order valence-electron chi connectivity index (χ4n) is 3.80. The summed E-state index contributed by atoms with van der Waals surface area (Å²) in [4.78, 5) is 11.4. The van der Waals surface area contributed by atoms with Gasteiger partial charge in [0, 0.05) is 12.1 Å². The van der Waals surface area contributed by atoms with Gasteiger partial charge in [0.25, 0.3) is 0 Å². The van der Waals surface area contributed by atoms with Crippen molar-refractivity contribution in [3.05, 3.63) is 18.2 Å². The smallest absolute Gasteiger partial charge is 0.308 e. The fraction of sp³-hybridized carbons (Fsp3) is 0.500. The molecule has 2 bridgehead atoms. The van der Waals surface area contributed by atoms with E-state index in [1.54, 1.807) is 12.1 Å². The number of hydrogen-bond acceptors (Lipinski definition) is 5. The molecule has 0 spiro atoms. The van der Waals surface area contributed by atoms with E-state index in [2.05, 4.69) is 0 Å². The third-order valence-corrected chi connectivity index (χ3v) is 6.71. The predicted molar refractivity (Wildman–Crippen MR) is 74.1 cm³/mol. The first kappa shape index (κ1) is 13.8. The van der Waals surface area contributed by atoms with E-state index in [0.29, 0.717) is 25.0 Å². The van der Waals surface area contributed by atoms with E-state index in [1.807, 2.05) is 0 Å². The van der Waals surface area contributed by atoms with Gasteiger partial charge < -0.3 is 14.6 Å². The fourth-order valence-corrected chi connectivity index (χ4v) is 5.86. The van der Waals surface area contributed by atoms with E-state index < -0.39 is 28.0 Å². The van der Waals surface area contributed by atoms with Gasteiger partial charge in [-0.15, -0.1) is 0 Å². The highest BCUT2D eigenvalue weighted by Gasteiger charge is 2.55. The lowest BCUT2D eigenvalue weighted by Gasteiger charge is -2.23. The van der Waals surface area contributed by atoms with E-state index in [9.17, 15) is 18.3 Å². The molecule has 0 radical (unpaired) electrons. The molecule has 4 rings (SSSR count). The Morgan fingerprint density at radius 3 is 2.82 bits per heavy atom. The van der Waals surface area contributed by atoms with Crippen LogP contribution in [0.3, 0.4) is 0 Å². The SMILES string of the molecule is O=C(O)C1CC2CCC1N2S(=O)(=O)c1cccc2c1OCO2. The molecular weight excluding hydrogens is 310 g/mol. The molecule has 0 amide bonds. The Kier molecular flexibility index (Phi) is 2.89. The number of benzene rings is 1. The van der Waals surface area contributed by atoms with Crippen LogP contribution in [0, 0.1) is 5.92 Å². The van der Waals surface area contributed by atoms with Gasteiger partial charge in [-0.2, -0.15) is 4.31 Å². The molecule has 0 saturated carbocycles. The first-order chi connectivity index (χ1) is 10.5. The van der Waals surface area contributed by atoms with E-state index in [1.165, 1.54) is 10.4 Å². The minimum Gasteiger partial charge on any atom is -0.481 e. The van der Waals surface area contributed by atoms with Gasteiger partial charge >= 0.3 is 5.97 Å². The summed E-state index contributed by atoms with van der Waals surface area (Å²) < 4.78 is 37.9. The van der Waals surface area contributed by atoms with Gasteiger partial charge in [-0.3, -0.25) is 4.79 Å². The molecule has 2 saturated heterocycles. The van der Waals surface area contributed by atoms with Crippen LogP contribution in [0.1, 0.15) is 19.3 Å². The molecule has 3 aliphatic heterocycles. The van der Waals surface area contributed by atoms with E-state index in [4.69, 9.17) is 9.47 Å². The minimum absolute atomic E-state index is 0.00747. The zero-order chi connectivity index (χ0) is 15.5. The molecule has 0 aromatic heterocycles. The average Bonchev–Trinajstić information content (AvgIpc) is 3.19. The van der Waals surface area contributed by atoms with Crippen molar-refractivity contribution in [3.63, 3.8) is 0 Å². The number of carboxylic acids is 1. The van der Waals surface area contributed by atoms with Crippen molar-refractivity contribution in [2.75, 3.05) is 6.79 Å². The number of sulfonamides is 1. The van der Waals surface area contributed by atoms with Gasteiger partial charge in [0.15, 0.2) is 11.5 Å². The molecule has 1 N–H and O–H groups in total. The molecule has 2 fully saturated rings. The molecule has 1 aromatic carbocycles. The molecule has 118 valence electrons. The summed E-state index contributed by atoms with van der Waals surface area (Å²) in [5, 5.41) is 9.28. The average molecular weight is 325 g/mol. The standard InChI is InChI=1S/C14H15NO6S/c16-14(17)9-6-8-4-5-10(9)15(8)22(18,19)12-3-1-2-11-13(12)21-7-20-11/h1-3,8-10H,4-7H2,(H,16,17). The van der Waals surface area contributed by atoms with Crippen molar-refractivity contribution in [2.45, 2.75) is 36.2 Å². The number of carboxylic acid groups (broad SMARTS) is 1. The molecule has 8 heteroatoms. The Labute approximate surface area is 127 Å². The third kappa shape index (κ3) is 1.77. The van der Waals surface area contributed by atoms with Gasteiger partial charge in [-0.1, -0.05) is 6.07 Å². The van der Waals surface area contributed by atoms with E-state index in [0.717, 1.165) is 0 Å². The van der Waals surface area contributed by atoms with Crippen molar-refractivity contribution >= 4 is 16.0 Å². The molecule has 3 aliphatic rings. The Morgan fingerprint density at radius 2 is 2.09 bits per heavy atom. The van der Waals surface area contributed by atoms with Crippen molar-refractivity contribution in [1.82, 2.24) is 4.31 Å². The zero-order valence-electron chi connectivity index (χ0n) is 11.6. The third-order valence-electron chi connectivity index (χ3n) is 4.71. The number of hydrogen-bond donors (Lipinski definition) is 1. The number of rotatable bonds is 3. The van der Waals surface area contributed by atoms with Crippen molar-refractivity contribution < 1.29 is 27.8 Å². The molecule has 3 unspecified atom stereocenters. The quantitative estimate of drug-likeness (QED) is 0.892. The molecule has 3 heterocycles. The number of para-hydroxylation sites is 1. The van der Waals surface area contributed by atoms with Crippen LogP contribution in [0.5, 0.6) is 11.5 Å². The first-order valence-electron chi connectivity index (χ1n) is 7.15. The summed E-state index contributed by atoms with van der Waals surface area (Å²) in [5.74, 6) is -0.921. The highest BCUT2D eigenvalue weighted by Crippen LogP contribution is 2.47. The maximum atomic E-state index is 13.0. The van der Waals surface area contributed by atoms with Crippen LogP contribution >= 0.6 is 0 Å². The Balaban J connectivity index is 1.77. The first-order valence-corrected chi connectivity index (χ1v) is 8.59. The van der Waals surface area contributed by atoms with Crippen molar-refractivity contribution in [1.29, 1.82) is 0 Å². The number of carbonyl (C=O) groups is 1. The van der Waals surface area contributed by atoms with Crippen LogP contribution in [0.2, 0.25) is 0 Å². The topological polar surface area (TPSA) is 93.1 Å². The number of ether oxygens (including phenoxy) is 2. The van der Waals surface area contributed by atoms with Gasteiger partial charge in [-0.25, -0.2) is 8.42 Å². The Hall–Kier alpha value is -1.80. The lowest BCUT2D eigenvalue weighted by Crippen LogP contribution is -2.37. The summed E-state index contributed by atoms with van der Waals surface area (Å²) in [6.45, 7) is -0.00747. The minimum atomic E-state index is -3.80. The summed E-state index contributed by atoms with van der Waals surface area (Å²) in [5.41, 5.74) is 0. The number of aliphatic carboxylic acids is 1. The highest BCUT2D eigenvalue weighted by molar-refractivity contribution is 7.89. The summed E-state index contributed by atoms with van der Waals surface area (Å²) in [6.07, 6.45) is 1.68. The summed E-state index contributed by atoms with van der Waals surface area (Å²) >= 11 is 0. The van der Waals surface area contributed by atoms with Gasteiger partial charge in [0.1, 0.15) is 4.90 Å². The number of fused-ring (bicyclic) bond motifs is 3. The second kappa shape index (κ2) is 4.60. The van der Waals surface area contributed by atoms with Crippen LogP contribution < -0.4 is 9.47 Å². The lowest BCUT2D eigenvalue weighted by molar-refractivity contribution is -0.142. The largest absolute Gasteiger partial charge is 0.481 e. The van der Waals surface area contributed by atoms with Gasteiger partial charge in [-0.05, 0) is 31.4 Å². The van der Waals surface area contributed by atoms with Crippen molar-refractivity contribution in [2.24, 2.45) is 5.92 Å². The molecule has 3 atom stereocenters. The predicted octanol–water partition coefficient (Wildman–Crippen LogP) is 1.04. The van der Waals surface area contributed by atoms with Gasteiger partial charge in [0.2, 0.25) is 16.8 Å². The number of nitrogens with zero attached hydrogens (tertiary/aromatic N) is 1. The zero-order valence-corrected chi connectivity index (χ0v) is 12.5. The van der Waals surface area contributed by atoms with Crippen LogP contribution in [0.15, 0.2) is 23.1 Å². The second-order valence-corrected chi connectivity index (χ2v) is 7.62. The molecule has 0 aliphatic carbocycles. The van der Waals surface area contributed by atoms with Crippen molar-refractivity contribution in [3.8, 4) is 11.5 Å². The van der Waals surface area contributed by atoms with Crippen LogP contribution in [0.25, 0.3) is 0 Å². The Bertz CT molecular complexity index is 746. The van der Waals surface area contributed by atoms with Crippen LogP contribution in [-0.4, -0.2) is 42.7 Å². The highest BCUT2D eigenvalue weighted by atomic mass is 32.2. The monoisotopic (exact) mass is 325 g/mol. The van der Waals surface area contributed by atoms with Gasteiger partial charge in [0.05, 0.1) is 5.92 Å². The normalized spacial score (nSPS) is 29.9. The van der Waals surface area contributed by atoms with Crippen LogP contribution in [-0.2, 0) is 14.8 Å². The van der Waals surface area contributed by atoms with E-state index in [-0.39, 0.29) is 23.5 Å². The molecule has 22 heavy (non-hydrogen) atoms. The summed E-state index contributed by atoms with van der Waals surface area (Å²) in [7, 11) is -3.80. The maximum Gasteiger partial charge on any atom is 0.308 e. The second-order valence-electron chi connectivity index (χ2n) is 5.80. The Morgan fingerprint density at radius 1 is 1.27 bits per heavy atom. The summed E-state index contributed by atoms with van der Waals surface area (Å²) in [6, 6.07) is 4.03.